The van der Waals surface area contributed by atoms with E-state index in [-0.39, 0.29) is 18.0 Å². The largest absolute Gasteiger partial charge is 0.445 e. The maximum atomic E-state index is 12.2. The molecule has 1 aromatic heterocycles. The molecule has 6 nitrogen and oxygen atoms in total. The highest BCUT2D eigenvalue weighted by atomic mass is 32.2. The van der Waals surface area contributed by atoms with Gasteiger partial charge < -0.3 is 9.52 Å². The van der Waals surface area contributed by atoms with Crippen LogP contribution in [0.3, 0.4) is 0 Å². The van der Waals surface area contributed by atoms with Crippen molar-refractivity contribution in [2.75, 3.05) is 0 Å². The molecule has 2 rings (SSSR count). The van der Waals surface area contributed by atoms with Gasteiger partial charge in [-0.15, -0.1) is 0 Å². The predicted molar refractivity (Wildman–Crippen MR) is 77.0 cm³/mol. The van der Waals surface area contributed by atoms with E-state index in [2.05, 4.69) is 9.71 Å². The average Bonchev–Trinajstić information content (AvgIpc) is 2.90. The van der Waals surface area contributed by atoms with Gasteiger partial charge in [0.25, 0.3) is 0 Å². The molecule has 2 N–H and O–H groups in total. The lowest BCUT2D eigenvalue weighted by Crippen LogP contribution is -2.23. The van der Waals surface area contributed by atoms with Crippen molar-refractivity contribution in [2.45, 2.75) is 38.3 Å². The zero-order chi connectivity index (χ0) is 15.5. The predicted octanol–water partition coefficient (Wildman–Crippen LogP) is 1.52. The Hall–Kier alpha value is -1.70. The first-order valence-electron chi connectivity index (χ1n) is 6.60. The van der Waals surface area contributed by atoms with Crippen LogP contribution in [-0.2, 0) is 29.6 Å². The number of nitrogens with zero attached hydrogens (tertiary/aromatic N) is 1. The lowest BCUT2D eigenvalue weighted by atomic mass is 10.1. The van der Waals surface area contributed by atoms with Gasteiger partial charge in [0, 0.05) is 0 Å². The first kappa shape index (κ1) is 15.7. The van der Waals surface area contributed by atoms with Gasteiger partial charge in [0.2, 0.25) is 15.9 Å². The van der Waals surface area contributed by atoms with Crippen molar-refractivity contribution in [1.82, 2.24) is 9.71 Å². The van der Waals surface area contributed by atoms with Crippen LogP contribution < -0.4 is 4.72 Å². The number of nitrogens with one attached hydrogen (secondary N) is 1. The number of hydrogen-bond donors (Lipinski definition) is 2. The van der Waals surface area contributed by atoms with E-state index in [0.29, 0.717) is 17.2 Å². The van der Waals surface area contributed by atoms with Crippen molar-refractivity contribution in [3.63, 3.8) is 0 Å². The number of aromatic nitrogens is 1. The van der Waals surface area contributed by atoms with Crippen molar-refractivity contribution >= 4 is 10.0 Å². The number of sulfonamides is 1. The molecule has 1 heterocycles. The van der Waals surface area contributed by atoms with E-state index in [1.165, 1.54) is 18.3 Å². The monoisotopic (exact) mass is 310 g/mol. The Labute approximate surface area is 123 Å². The summed E-state index contributed by atoms with van der Waals surface area (Å²) in [4.78, 5) is 4.06. The lowest BCUT2D eigenvalue weighted by Gasteiger charge is -2.09. The maximum absolute atomic E-state index is 12.2. The Morgan fingerprint density at radius 1 is 1.33 bits per heavy atom. The van der Waals surface area contributed by atoms with Gasteiger partial charge in [0.15, 0.2) is 0 Å². The minimum atomic E-state index is -3.67. The summed E-state index contributed by atoms with van der Waals surface area (Å²) in [5, 5.41) is 9.31. The Morgan fingerprint density at radius 3 is 2.67 bits per heavy atom. The molecule has 0 saturated heterocycles. The topological polar surface area (TPSA) is 92.4 Å². The van der Waals surface area contributed by atoms with Gasteiger partial charge in [0.05, 0.1) is 24.2 Å². The summed E-state index contributed by atoms with van der Waals surface area (Å²) in [5.74, 6) is 0.933. The van der Waals surface area contributed by atoms with Crippen molar-refractivity contribution in [2.24, 2.45) is 0 Å². The molecule has 0 aliphatic carbocycles. The van der Waals surface area contributed by atoms with E-state index in [9.17, 15) is 13.5 Å². The number of hydrogen-bond acceptors (Lipinski definition) is 5. The number of benzene rings is 1. The van der Waals surface area contributed by atoms with E-state index < -0.39 is 10.0 Å². The van der Waals surface area contributed by atoms with Crippen molar-refractivity contribution in [3.8, 4) is 0 Å². The second-order valence-corrected chi connectivity index (χ2v) is 6.40. The number of aliphatic hydroxyl groups excluding tert-OH is 1. The molecule has 114 valence electrons. The first-order chi connectivity index (χ1) is 9.96. The quantitative estimate of drug-likeness (QED) is 0.844. The fourth-order valence-electron chi connectivity index (χ4n) is 1.98. The summed E-state index contributed by atoms with van der Waals surface area (Å²) in [6, 6.07) is 4.73. The molecule has 0 unspecified atom stereocenters. The maximum Gasteiger partial charge on any atom is 0.241 e. The summed E-state index contributed by atoms with van der Waals surface area (Å²) in [5.41, 5.74) is 1.55. The van der Waals surface area contributed by atoms with Gasteiger partial charge in [-0.3, -0.25) is 0 Å². The summed E-state index contributed by atoms with van der Waals surface area (Å²) in [6.45, 7) is 3.49. The highest BCUT2D eigenvalue weighted by Crippen LogP contribution is 2.17. The number of aliphatic hydroxyl groups is 1. The van der Waals surface area contributed by atoms with E-state index in [1.54, 1.807) is 13.0 Å². The van der Waals surface area contributed by atoms with E-state index >= 15 is 0 Å². The fourth-order valence-corrected chi connectivity index (χ4v) is 3.01. The molecule has 1 aromatic carbocycles. The molecule has 2 aromatic rings. The van der Waals surface area contributed by atoms with Gasteiger partial charge in [-0.25, -0.2) is 18.1 Å². The second-order valence-electron chi connectivity index (χ2n) is 4.63. The third-order valence-corrected chi connectivity index (χ3v) is 4.52. The molecule has 0 bridgehead atoms. The van der Waals surface area contributed by atoms with Crippen LogP contribution in [-0.4, -0.2) is 18.5 Å². The first-order valence-corrected chi connectivity index (χ1v) is 8.08. The average molecular weight is 310 g/mol. The van der Waals surface area contributed by atoms with Crippen LogP contribution in [0.5, 0.6) is 0 Å². The normalized spacial score (nSPS) is 11.8. The molecule has 0 fully saturated rings. The number of aryl methyl sites for hydroxylation is 2. The van der Waals surface area contributed by atoms with Crippen LogP contribution in [0.1, 0.15) is 29.7 Å². The Balaban J connectivity index is 2.19. The molecule has 0 aliphatic heterocycles. The Morgan fingerprint density at radius 2 is 2.10 bits per heavy atom. The van der Waals surface area contributed by atoms with Crippen LogP contribution in [0, 0.1) is 6.92 Å². The van der Waals surface area contributed by atoms with E-state index in [0.717, 1.165) is 12.0 Å². The van der Waals surface area contributed by atoms with Crippen LogP contribution in [0.4, 0.5) is 0 Å². The third kappa shape index (κ3) is 3.69. The van der Waals surface area contributed by atoms with Crippen molar-refractivity contribution in [3.05, 3.63) is 47.2 Å². The van der Waals surface area contributed by atoms with Crippen LogP contribution in [0.2, 0.25) is 0 Å². The SMILES string of the molecule is CCc1ccc(S(=O)(=O)NCc2ncc(C)o2)cc1CO. The van der Waals surface area contributed by atoms with Gasteiger partial charge in [-0.1, -0.05) is 13.0 Å². The molecule has 0 atom stereocenters. The molecule has 0 spiro atoms. The summed E-state index contributed by atoms with van der Waals surface area (Å²) >= 11 is 0. The van der Waals surface area contributed by atoms with E-state index in [4.69, 9.17) is 4.42 Å². The summed E-state index contributed by atoms with van der Waals surface area (Å²) in [6.07, 6.45) is 2.27. The highest BCUT2D eigenvalue weighted by Gasteiger charge is 2.16. The summed E-state index contributed by atoms with van der Waals surface area (Å²) in [7, 11) is -3.67. The zero-order valence-electron chi connectivity index (χ0n) is 12.0. The van der Waals surface area contributed by atoms with Crippen molar-refractivity contribution in [1.29, 1.82) is 0 Å². The Bertz CT molecular complexity index is 722. The highest BCUT2D eigenvalue weighted by molar-refractivity contribution is 7.89. The Kier molecular flexibility index (Phi) is 4.76. The minimum absolute atomic E-state index is 0.0137. The lowest BCUT2D eigenvalue weighted by molar-refractivity contribution is 0.280. The smallest absolute Gasteiger partial charge is 0.241 e. The van der Waals surface area contributed by atoms with Gasteiger partial charge in [0.1, 0.15) is 5.76 Å². The molecule has 21 heavy (non-hydrogen) atoms. The second kappa shape index (κ2) is 6.38. The number of oxazole rings is 1. The third-order valence-electron chi connectivity index (χ3n) is 3.12. The molecular weight excluding hydrogens is 292 g/mol. The van der Waals surface area contributed by atoms with Crippen molar-refractivity contribution < 1.29 is 17.9 Å². The minimum Gasteiger partial charge on any atom is -0.445 e. The van der Waals surface area contributed by atoms with Gasteiger partial charge >= 0.3 is 0 Å². The number of rotatable bonds is 6. The molecule has 0 amide bonds. The van der Waals surface area contributed by atoms with Crippen LogP contribution >= 0.6 is 0 Å². The molecule has 7 heteroatoms. The molecular formula is C14H18N2O4S. The van der Waals surface area contributed by atoms with Crippen LogP contribution in [0.15, 0.2) is 33.7 Å². The van der Waals surface area contributed by atoms with Crippen LogP contribution in [0.25, 0.3) is 0 Å². The molecule has 0 saturated carbocycles. The van der Waals surface area contributed by atoms with Gasteiger partial charge in [-0.05, 0) is 36.6 Å². The molecule has 0 aliphatic rings. The zero-order valence-corrected chi connectivity index (χ0v) is 12.8. The fraction of sp³-hybridized carbons (Fsp3) is 0.357. The molecule has 0 radical (unpaired) electrons. The summed E-state index contributed by atoms with van der Waals surface area (Å²) < 4.78 is 32.1. The van der Waals surface area contributed by atoms with E-state index in [1.807, 2.05) is 6.92 Å². The van der Waals surface area contributed by atoms with Gasteiger partial charge in [-0.2, -0.15) is 0 Å². The standard InChI is InChI=1S/C14H18N2O4S/c1-3-11-4-5-13(6-12(11)9-17)21(18,19)16-8-14-15-7-10(2)20-14/h4-7,16-17H,3,8-9H2,1-2H3.